The van der Waals surface area contributed by atoms with Crippen molar-refractivity contribution in [2.75, 3.05) is 33.4 Å². The fraction of sp³-hybridized carbons (Fsp3) is 0.440. The molecule has 0 aliphatic carbocycles. The number of piperidine rings is 1. The first kappa shape index (κ1) is 24.3. The van der Waals surface area contributed by atoms with Crippen LogP contribution < -0.4 is 21.9 Å². The molecule has 30 heavy (non-hydrogen) atoms. The van der Waals surface area contributed by atoms with E-state index in [-0.39, 0.29) is 19.0 Å². The average Bonchev–Trinajstić information content (AvgIpc) is 2.75. The highest BCUT2D eigenvalue weighted by molar-refractivity contribution is 5.43. The molecule has 164 valence electrons. The summed E-state index contributed by atoms with van der Waals surface area (Å²) >= 11 is 0. The summed E-state index contributed by atoms with van der Waals surface area (Å²) in [7, 11) is 1.63. The molecule has 0 saturated carbocycles. The van der Waals surface area contributed by atoms with Gasteiger partial charge in [-0.2, -0.15) is 0 Å². The molecule has 4 nitrogen and oxygen atoms in total. The molecule has 1 saturated heterocycles. The van der Waals surface area contributed by atoms with Gasteiger partial charge in [0.1, 0.15) is 12.7 Å². The zero-order valence-corrected chi connectivity index (χ0v) is 18.6. The van der Waals surface area contributed by atoms with Crippen molar-refractivity contribution in [3.8, 4) is 11.5 Å². The molecule has 0 aromatic heterocycles. The number of methoxy groups -OCH3 is 1. The number of aliphatic hydroxyl groups excluding tert-OH is 1. The van der Waals surface area contributed by atoms with Gasteiger partial charge < -0.3 is 31.9 Å². The first-order chi connectivity index (χ1) is 14.2. The molecule has 1 fully saturated rings. The normalized spacial score (nSPS) is 15.8. The minimum Gasteiger partial charge on any atom is -1.00 e. The van der Waals surface area contributed by atoms with Gasteiger partial charge in [0.05, 0.1) is 7.11 Å². The van der Waals surface area contributed by atoms with E-state index in [1.165, 1.54) is 18.4 Å². The zero-order chi connectivity index (χ0) is 20.5. The number of nitrogens with zero attached hydrogens (tertiary/aromatic N) is 1. The lowest BCUT2D eigenvalue weighted by atomic mass is 9.90. The number of rotatable bonds is 10. The SMILES string of the molecule is C=CCc1ccc(OCC(O)CN2CCC(Cc3ccccc3)CC2)c(OC)c1.[Cl-]. The van der Waals surface area contributed by atoms with Gasteiger partial charge in [-0.15, -0.1) is 6.58 Å². The minimum absolute atomic E-state index is 0. The maximum absolute atomic E-state index is 10.4. The van der Waals surface area contributed by atoms with Crippen LogP contribution in [0.4, 0.5) is 0 Å². The fourth-order valence-corrected chi connectivity index (χ4v) is 3.98. The Balaban J connectivity index is 0.00000320. The number of β-amino-alcohol motifs (C(OH)–C–C–N with tert-alkyl or cyclic N) is 1. The van der Waals surface area contributed by atoms with Crippen molar-refractivity contribution < 1.29 is 27.0 Å². The first-order valence-electron chi connectivity index (χ1n) is 10.5. The van der Waals surface area contributed by atoms with Crippen LogP contribution in [0.3, 0.4) is 0 Å². The first-order valence-corrected chi connectivity index (χ1v) is 10.5. The molecule has 1 heterocycles. The zero-order valence-electron chi connectivity index (χ0n) is 17.8. The van der Waals surface area contributed by atoms with Crippen molar-refractivity contribution in [3.63, 3.8) is 0 Å². The second kappa shape index (κ2) is 12.6. The summed E-state index contributed by atoms with van der Waals surface area (Å²) in [6, 6.07) is 16.6. The summed E-state index contributed by atoms with van der Waals surface area (Å²) in [5.74, 6) is 2.10. The number of benzene rings is 2. The number of aliphatic hydroxyl groups is 1. The van der Waals surface area contributed by atoms with Gasteiger partial charge in [0.25, 0.3) is 0 Å². The molecular formula is C25H33ClNO3-. The molecule has 2 aromatic rings. The highest BCUT2D eigenvalue weighted by atomic mass is 35.5. The van der Waals surface area contributed by atoms with Crippen molar-refractivity contribution >= 4 is 0 Å². The summed E-state index contributed by atoms with van der Waals surface area (Å²) in [6.45, 7) is 6.75. The van der Waals surface area contributed by atoms with E-state index in [9.17, 15) is 5.11 Å². The highest BCUT2D eigenvalue weighted by Gasteiger charge is 2.21. The summed E-state index contributed by atoms with van der Waals surface area (Å²) < 4.78 is 11.3. The van der Waals surface area contributed by atoms with E-state index in [4.69, 9.17) is 9.47 Å². The van der Waals surface area contributed by atoms with Gasteiger partial charge in [0.2, 0.25) is 0 Å². The minimum atomic E-state index is -0.516. The van der Waals surface area contributed by atoms with Crippen molar-refractivity contribution in [1.82, 2.24) is 4.90 Å². The monoisotopic (exact) mass is 430 g/mol. The molecule has 1 aliphatic heterocycles. The van der Waals surface area contributed by atoms with Crippen LogP contribution in [0.5, 0.6) is 11.5 Å². The largest absolute Gasteiger partial charge is 1.00 e. The van der Waals surface area contributed by atoms with Gasteiger partial charge in [0.15, 0.2) is 11.5 Å². The van der Waals surface area contributed by atoms with Crippen LogP contribution in [0, 0.1) is 5.92 Å². The van der Waals surface area contributed by atoms with E-state index in [1.54, 1.807) is 7.11 Å². The van der Waals surface area contributed by atoms with E-state index in [1.807, 2.05) is 24.3 Å². The van der Waals surface area contributed by atoms with E-state index >= 15 is 0 Å². The molecule has 1 N–H and O–H groups in total. The predicted molar refractivity (Wildman–Crippen MR) is 118 cm³/mol. The third-order valence-corrected chi connectivity index (χ3v) is 5.58. The number of ether oxygens (including phenoxy) is 2. The lowest BCUT2D eigenvalue weighted by Gasteiger charge is -2.33. The standard InChI is InChI=1S/C25H33NO3.ClH/c1-3-7-20-10-11-24(25(17-20)28-2)29-19-23(27)18-26-14-12-22(13-15-26)16-21-8-5-4-6-9-21;/h3-6,8-11,17,22-23,27H,1,7,12-16,18-19H2,2H3;1H/p-1. The average molecular weight is 431 g/mol. The van der Waals surface area contributed by atoms with Crippen molar-refractivity contribution in [3.05, 3.63) is 72.3 Å². The number of allylic oxidation sites excluding steroid dienone is 1. The van der Waals surface area contributed by atoms with E-state index < -0.39 is 6.10 Å². The molecule has 0 spiro atoms. The molecule has 5 heteroatoms. The molecule has 3 rings (SSSR count). The number of hydrogen-bond donors (Lipinski definition) is 1. The maximum Gasteiger partial charge on any atom is 0.161 e. The summed E-state index contributed by atoms with van der Waals surface area (Å²) in [6.07, 6.45) is 5.66. The molecular weight excluding hydrogens is 398 g/mol. The molecule has 1 unspecified atom stereocenters. The van der Waals surface area contributed by atoms with E-state index in [2.05, 4.69) is 41.8 Å². The lowest BCUT2D eigenvalue weighted by molar-refractivity contribution is -0.00000858. The Labute approximate surface area is 186 Å². The summed E-state index contributed by atoms with van der Waals surface area (Å²) in [5.41, 5.74) is 2.55. The van der Waals surface area contributed by atoms with Gasteiger partial charge in [0, 0.05) is 6.54 Å². The van der Waals surface area contributed by atoms with Gasteiger partial charge in [-0.1, -0.05) is 42.5 Å². The molecule has 0 bridgehead atoms. The number of hydrogen-bond acceptors (Lipinski definition) is 4. The van der Waals surface area contributed by atoms with Crippen LogP contribution in [0.2, 0.25) is 0 Å². The van der Waals surface area contributed by atoms with E-state index in [0.29, 0.717) is 18.0 Å². The maximum atomic E-state index is 10.4. The van der Waals surface area contributed by atoms with Crippen LogP contribution in [-0.2, 0) is 12.8 Å². The van der Waals surface area contributed by atoms with Crippen molar-refractivity contribution in [1.29, 1.82) is 0 Å². The quantitative estimate of drug-likeness (QED) is 0.574. The second-order valence-electron chi connectivity index (χ2n) is 7.88. The Morgan fingerprint density at radius 1 is 1.10 bits per heavy atom. The number of halogens is 1. The highest BCUT2D eigenvalue weighted by Crippen LogP contribution is 2.28. The second-order valence-corrected chi connectivity index (χ2v) is 7.88. The molecule has 0 radical (unpaired) electrons. The van der Waals surface area contributed by atoms with Crippen LogP contribution in [0.25, 0.3) is 0 Å². The third-order valence-electron chi connectivity index (χ3n) is 5.58. The van der Waals surface area contributed by atoms with Crippen LogP contribution in [-0.4, -0.2) is 49.5 Å². The van der Waals surface area contributed by atoms with E-state index in [0.717, 1.165) is 37.4 Å². The lowest BCUT2D eigenvalue weighted by Crippen LogP contribution is -3.00. The van der Waals surface area contributed by atoms with Gasteiger partial charge in [-0.05, 0) is 68.0 Å². The van der Waals surface area contributed by atoms with Gasteiger partial charge in [-0.25, -0.2) is 0 Å². The summed E-state index contributed by atoms with van der Waals surface area (Å²) in [4.78, 5) is 2.35. The Hall–Kier alpha value is -2.01. The third kappa shape index (κ3) is 7.35. The van der Waals surface area contributed by atoms with Crippen molar-refractivity contribution in [2.24, 2.45) is 5.92 Å². The predicted octanol–water partition coefficient (Wildman–Crippen LogP) is 1.12. The van der Waals surface area contributed by atoms with Crippen LogP contribution in [0.1, 0.15) is 24.0 Å². The molecule has 0 amide bonds. The fourth-order valence-electron chi connectivity index (χ4n) is 3.98. The van der Waals surface area contributed by atoms with Crippen molar-refractivity contribution in [2.45, 2.75) is 31.8 Å². The number of likely N-dealkylation sites (tertiary alicyclic amines) is 1. The Kier molecular flexibility index (Phi) is 10.2. The Morgan fingerprint density at radius 3 is 2.50 bits per heavy atom. The molecule has 2 aromatic carbocycles. The Morgan fingerprint density at radius 2 is 1.83 bits per heavy atom. The topological polar surface area (TPSA) is 41.9 Å². The van der Waals surface area contributed by atoms with Crippen LogP contribution >= 0.6 is 0 Å². The van der Waals surface area contributed by atoms with Crippen LogP contribution in [0.15, 0.2) is 61.2 Å². The molecule has 1 aliphatic rings. The molecule has 1 atom stereocenters. The smallest absolute Gasteiger partial charge is 0.161 e. The summed E-state index contributed by atoms with van der Waals surface area (Å²) in [5, 5.41) is 10.4. The van der Waals surface area contributed by atoms with Gasteiger partial charge in [-0.3, -0.25) is 0 Å². The van der Waals surface area contributed by atoms with Gasteiger partial charge >= 0.3 is 0 Å². The Bertz CT molecular complexity index is 760.